The molecule has 0 bridgehead atoms. The van der Waals surface area contributed by atoms with E-state index in [1.807, 2.05) is 0 Å². The molecule has 0 amide bonds. The van der Waals surface area contributed by atoms with Crippen LogP contribution >= 0.6 is 0 Å². The highest BCUT2D eigenvalue weighted by molar-refractivity contribution is 5.85. The average Bonchev–Trinajstić information content (AvgIpc) is 2.70. The molecular formula is C17H24N2. The lowest BCUT2D eigenvalue weighted by atomic mass is 10.0. The SMILES string of the molecule is CN1CCCCCc2c(c3ccccc3n2C)CC1. The molecule has 0 N–H and O–H groups in total. The largest absolute Gasteiger partial charge is 0.347 e. The van der Waals surface area contributed by atoms with E-state index in [-0.39, 0.29) is 0 Å². The van der Waals surface area contributed by atoms with Gasteiger partial charge in [-0.1, -0.05) is 24.6 Å². The van der Waals surface area contributed by atoms with Crippen LogP contribution in [0.5, 0.6) is 0 Å². The number of likely N-dealkylation sites (N-methyl/N-ethyl adjacent to an activating group) is 1. The van der Waals surface area contributed by atoms with E-state index in [4.69, 9.17) is 0 Å². The molecule has 0 spiro atoms. The molecule has 2 heterocycles. The van der Waals surface area contributed by atoms with Gasteiger partial charge in [0.2, 0.25) is 0 Å². The molecule has 102 valence electrons. The molecule has 0 aliphatic carbocycles. The normalized spacial score (nSPS) is 18.4. The van der Waals surface area contributed by atoms with Crippen molar-refractivity contribution >= 4 is 10.9 Å². The van der Waals surface area contributed by atoms with Gasteiger partial charge in [-0.05, 0) is 50.9 Å². The second-order valence-corrected chi connectivity index (χ2v) is 5.87. The van der Waals surface area contributed by atoms with Crippen molar-refractivity contribution in [1.29, 1.82) is 0 Å². The number of fused-ring (bicyclic) bond motifs is 3. The number of benzene rings is 1. The van der Waals surface area contributed by atoms with Gasteiger partial charge in [0.1, 0.15) is 0 Å². The van der Waals surface area contributed by atoms with E-state index in [1.54, 1.807) is 11.3 Å². The number of hydrogen-bond acceptors (Lipinski definition) is 1. The van der Waals surface area contributed by atoms with Gasteiger partial charge in [-0.3, -0.25) is 0 Å². The maximum Gasteiger partial charge on any atom is 0.0482 e. The Morgan fingerprint density at radius 2 is 1.74 bits per heavy atom. The average molecular weight is 256 g/mol. The Labute approximate surface area is 116 Å². The first kappa shape index (κ1) is 12.7. The highest BCUT2D eigenvalue weighted by atomic mass is 15.1. The summed E-state index contributed by atoms with van der Waals surface area (Å²) in [6.45, 7) is 2.43. The zero-order valence-electron chi connectivity index (χ0n) is 12.2. The molecule has 3 rings (SSSR count). The van der Waals surface area contributed by atoms with Crippen LogP contribution in [-0.2, 0) is 19.9 Å². The zero-order valence-corrected chi connectivity index (χ0v) is 12.2. The van der Waals surface area contributed by atoms with Crippen LogP contribution in [0, 0.1) is 0 Å². The van der Waals surface area contributed by atoms with E-state index in [0.717, 1.165) is 0 Å². The fraction of sp³-hybridized carbons (Fsp3) is 0.529. The molecule has 0 unspecified atom stereocenters. The van der Waals surface area contributed by atoms with Crippen molar-refractivity contribution in [3.8, 4) is 0 Å². The van der Waals surface area contributed by atoms with Gasteiger partial charge in [0, 0.05) is 30.2 Å². The molecule has 2 aromatic rings. The summed E-state index contributed by atoms with van der Waals surface area (Å²) in [6.07, 6.45) is 6.45. The summed E-state index contributed by atoms with van der Waals surface area (Å²) >= 11 is 0. The fourth-order valence-electron chi connectivity index (χ4n) is 3.39. The van der Waals surface area contributed by atoms with Crippen LogP contribution in [0.15, 0.2) is 24.3 Å². The van der Waals surface area contributed by atoms with Crippen LogP contribution in [0.2, 0.25) is 0 Å². The van der Waals surface area contributed by atoms with Crippen LogP contribution in [0.3, 0.4) is 0 Å². The summed E-state index contributed by atoms with van der Waals surface area (Å²) in [5, 5.41) is 1.47. The summed E-state index contributed by atoms with van der Waals surface area (Å²) < 4.78 is 2.42. The standard InChI is InChI=1S/C17H24N2/c1-18-12-7-3-4-9-17-15(11-13-18)14-8-5-6-10-16(14)19(17)2/h5-6,8,10H,3-4,7,9,11-13H2,1-2H3. The predicted octanol–water partition coefficient (Wildman–Crippen LogP) is 3.38. The molecule has 1 aromatic heterocycles. The maximum atomic E-state index is 2.48. The molecular weight excluding hydrogens is 232 g/mol. The Morgan fingerprint density at radius 3 is 2.63 bits per heavy atom. The molecule has 0 fully saturated rings. The number of aryl methyl sites for hydroxylation is 1. The van der Waals surface area contributed by atoms with Crippen LogP contribution in [0.1, 0.15) is 30.5 Å². The Kier molecular flexibility index (Phi) is 3.61. The lowest BCUT2D eigenvalue weighted by Crippen LogP contribution is -2.23. The zero-order chi connectivity index (χ0) is 13.2. The molecule has 2 heteroatoms. The molecule has 0 radical (unpaired) electrons. The quantitative estimate of drug-likeness (QED) is 0.701. The Balaban J connectivity index is 2.06. The Bertz CT molecular complexity index is 568. The van der Waals surface area contributed by atoms with Crippen LogP contribution in [-0.4, -0.2) is 29.6 Å². The van der Waals surface area contributed by atoms with Crippen molar-refractivity contribution in [1.82, 2.24) is 9.47 Å². The van der Waals surface area contributed by atoms with E-state index >= 15 is 0 Å². The van der Waals surface area contributed by atoms with Gasteiger partial charge < -0.3 is 9.47 Å². The highest BCUT2D eigenvalue weighted by Gasteiger charge is 2.15. The van der Waals surface area contributed by atoms with E-state index in [2.05, 4.69) is 47.8 Å². The van der Waals surface area contributed by atoms with Crippen molar-refractivity contribution < 1.29 is 0 Å². The molecule has 0 atom stereocenters. The third kappa shape index (κ3) is 2.42. The van der Waals surface area contributed by atoms with Crippen LogP contribution in [0.4, 0.5) is 0 Å². The first-order valence-electron chi connectivity index (χ1n) is 7.51. The number of hydrogen-bond donors (Lipinski definition) is 0. The van der Waals surface area contributed by atoms with Gasteiger partial charge in [-0.25, -0.2) is 0 Å². The fourth-order valence-corrected chi connectivity index (χ4v) is 3.39. The van der Waals surface area contributed by atoms with Crippen molar-refractivity contribution in [2.45, 2.75) is 32.1 Å². The second kappa shape index (κ2) is 5.38. The summed E-state index contributed by atoms with van der Waals surface area (Å²) in [5.41, 5.74) is 4.55. The molecule has 0 saturated carbocycles. The van der Waals surface area contributed by atoms with Crippen molar-refractivity contribution in [2.75, 3.05) is 20.1 Å². The third-order valence-electron chi connectivity index (χ3n) is 4.54. The van der Waals surface area contributed by atoms with E-state index < -0.39 is 0 Å². The smallest absolute Gasteiger partial charge is 0.0482 e. The van der Waals surface area contributed by atoms with Gasteiger partial charge >= 0.3 is 0 Å². The maximum absolute atomic E-state index is 2.48. The summed E-state index contributed by atoms with van der Waals surface area (Å²) in [7, 11) is 4.49. The van der Waals surface area contributed by atoms with Gasteiger partial charge in [0.15, 0.2) is 0 Å². The number of aromatic nitrogens is 1. The van der Waals surface area contributed by atoms with Crippen molar-refractivity contribution in [3.05, 3.63) is 35.5 Å². The Morgan fingerprint density at radius 1 is 0.895 bits per heavy atom. The minimum Gasteiger partial charge on any atom is -0.347 e. The van der Waals surface area contributed by atoms with Crippen molar-refractivity contribution in [3.63, 3.8) is 0 Å². The van der Waals surface area contributed by atoms with E-state index in [1.165, 1.54) is 56.1 Å². The number of rotatable bonds is 0. The van der Waals surface area contributed by atoms with Crippen LogP contribution in [0.25, 0.3) is 10.9 Å². The molecule has 2 nitrogen and oxygen atoms in total. The summed E-state index contributed by atoms with van der Waals surface area (Å²) in [4.78, 5) is 2.48. The van der Waals surface area contributed by atoms with Crippen molar-refractivity contribution in [2.24, 2.45) is 7.05 Å². The number of nitrogens with zero attached hydrogens (tertiary/aromatic N) is 2. The first-order valence-corrected chi connectivity index (χ1v) is 7.51. The topological polar surface area (TPSA) is 8.17 Å². The molecule has 1 aromatic carbocycles. The predicted molar refractivity (Wildman–Crippen MR) is 81.7 cm³/mol. The summed E-state index contributed by atoms with van der Waals surface area (Å²) in [6, 6.07) is 8.87. The van der Waals surface area contributed by atoms with Gasteiger partial charge in [0.05, 0.1) is 0 Å². The van der Waals surface area contributed by atoms with Gasteiger partial charge in [-0.15, -0.1) is 0 Å². The van der Waals surface area contributed by atoms with E-state index in [0.29, 0.717) is 0 Å². The van der Waals surface area contributed by atoms with E-state index in [9.17, 15) is 0 Å². The summed E-state index contributed by atoms with van der Waals surface area (Å²) in [5.74, 6) is 0. The monoisotopic (exact) mass is 256 g/mol. The second-order valence-electron chi connectivity index (χ2n) is 5.87. The number of para-hydroxylation sites is 1. The van der Waals surface area contributed by atoms with Gasteiger partial charge in [0.25, 0.3) is 0 Å². The first-order chi connectivity index (χ1) is 9.27. The molecule has 19 heavy (non-hydrogen) atoms. The van der Waals surface area contributed by atoms with Gasteiger partial charge in [-0.2, -0.15) is 0 Å². The molecule has 1 aliphatic rings. The molecule has 0 saturated heterocycles. The Hall–Kier alpha value is -1.28. The third-order valence-corrected chi connectivity index (χ3v) is 4.54. The van der Waals surface area contributed by atoms with Crippen LogP contribution < -0.4 is 0 Å². The minimum absolute atomic E-state index is 1.18. The molecule has 1 aliphatic heterocycles. The lowest BCUT2D eigenvalue weighted by molar-refractivity contribution is 0.325. The highest BCUT2D eigenvalue weighted by Crippen LogP contribution is 2.27. The lowest BCUT2D eigenvalue weighted by Gasteiger charge is -2.19. The minimum atomic E-state index is 1.18.